The molecule has 3 aliphatic rings. The number of hydrogen-bond donors (Lipinski definition) is 0. The zero-order valence-electron chi connectivity index (χ0n) is 7.99. The van der Waals surface area contributed by atoms with E-state index in [1.807, 2.05) is 6.92 Å². The highest BCUT2D eigenvalue weighted by molar-refractivity contribution is 5.75. The summed E-state index contributed by atoms with van der Waals surface area (Å²) < 4.78 is 10.6. The summed E-state index contributed by atoms with van der Waals surface area (Å²) in [6, 6.07) is 0. The maximum Gasteiger partial charge on any atom is 0.335 e. The maximum absolute atomic E-state index is 11.4. The van der Waals surface area contributed by atoms with Crippen LogP contribution in [0.2, 0.25) is 0 Å². The molecule has 0 radical (unpaired) electrons. The fourth-order valence-electron chi connectivity index (χ4n) is 2.32. The van der Waals surface area contributed by atoms with Gasteiger partial charge in [-0.25, -0.2) is 4.79 Å². The fraction of sp³-hybridized carbons (Fsp3) is 0.900. The summed E-state index contributed by atoms with van der Waals surface area (Å²) in [5, 5.41) is 0. The molecule has 1 unspecified atom stereocenters. The molecule has 2 heterocycles. The van der Waals surface area contributed by atoms with Crippen LogP contribution in [0.4, 0.5) is 0 Å². The second kappa shape index (κ2) is 3.66. The topological polar surface area (TPSA) is 35.5 Å². The minimum absolute atomic E-state index is 0.156. The lowest BCUT2D eigenvalue weighted by Gasteiger charge is -2.40. The Morgan fingerprint density at radius 2 is 2.08 bits per heavy atom. The van der Waals surface area contributed by atoms with E-state index in [0.717, 1.165) is 25.7 Å². The lowest BCUT2D eigenvalue weighted by molar-refractivity contribution is -0.182. The average molecular weight is 184 g/mol. The van der Waals surface area contributed by atoms with Crippen LogP contribution in [0.25, 0.3) is 0 Å². The van der Waals surface area contributed by atoms with Crippen molar-refractivity contribution in [2.45, 2.75) is 44.8 Å². The zero-order valence-corrected chi connectivity index (χ0v) is 7.99. The van der Waals surface area contributed by atoms with Crippen LogP contribution in [0.15, 0.2) is 0 Å². The molecule has 0 amide bonds. The van der Waals surface area contributed by atoms with Crippen molar-refractivity contribution < 1.29 is 14.3 Å². The molecule has 0 aromatic heterocycles. The maximum atomic E-state index is 11.4. The number of esters is 1. The molecule has 74 valence electrons. The molecule has 0 N–H and O–H groups in total. The Kier molecular flexibility index (Phi) is 2.54. The normalized spacial score (nSPS) is 37.5. The highest BCUT2D eigenvalue weighted by Gasteiger charge is 2.41. The van der Waals surface area contributed by atoms with Crippen LogP contribution in [0.5, 0.6) is 0 Å². The molecule has 2 aliphatic heterocycles. The van der Waals surface area contributed by atoms with Gasteiger partial charge < -0.3 is 9.47 Å². The Bertz CT molecular complexity index is 194. The van der Waals surface area contributed by atoms with Crippen LogP contribution in [0, 0.1) is 5.92 Å². The molecule has 1 aliphatic carbocycles. The van der Waals surface area contributed by atoms with Crippen molar-refractivity contribution in [1.82, 2.24) is 0 Å². The SMILES string of the molecule is CCOC(=O)C1OC2CCC1CC2. The Balaban J connectivity index is 1.96. The second-order valence-corrected chi connectivity index (χ2v) is 3.85. The Morgan fingerprint density at radius 3 is 2.54 bits per heavy atom. The number of hydrogen-bond acceptors (Lipinski definition) is 3. The van der Waals surface area contributed by atoms with Gasteiger partial charge in [-0.15, -0.1) is 0 Å². The van der Waals surface area contributed by atoms with Crippen molar-refractivity contribution >= 4 is 5.97 Å². The van der Waals surface area contributed by atoms with Crippen LogP contribution in [0.1, 0.15) is 32.6 Å². The lowest BCUT2D eigenvalue weighted by atomic mass is 9.80. The standard InChI is InChI=1S/C10H16O3/c1-2-12-10(11)9-7-3-5-8(13-9)6-4-7/h7-9H,2-6H2,1H3. The van der Waals surface area contributed by atoms with Crippen molar-refractivity contribution in [3.8, 4) is 0 Å². The number of fused-ring (bicyclic) bond motifs is 3. The first kappa shape index (κ1) is 9.00. The van der Waals surface area contributed by atoms with Crippen molar-refractivity contribution in [1.29, 1.82) is 0 Å². The quantitative estimate of drug-likeness (QED) is 0.610. The Morgan fingerprint density at radius 1 is 1.38 bits per heavy atom. The smallest absolute Gasteiger partial charge is 0.335 e. The van der Waals surface area contributed by atoms with Crippen molar-refractivity contribution in [3.63, 3.8) is 0 Å². The van der Waals surface area contributed by atoms with Gasteiger partial charge in [0.05, 0.1) is 12.7 Å². The summed E-state index contributed by atoms with van der Waals surface area (Å²) in [7, 11) is 0. The third-order valence-corrected chi connectivity index (χ3v) is 3.00. The van der Waals surface area contributed by atoms with Crippen LogP contribution < -0.4 is 0 Å². The molecule has 3 nitrogen and oxygen atoms in total. The number of carbonyl (C=O) groups excluding carboxylic acids is 1. The molecule has 0 spiro atoms. The number of carbonyl (C=O) groups is 1. The largest absolute Gasteiger partial charge is 0.464 e. The van der Waals surface area contributed by atoms with Gasteiger partial charge in [0.15, 0.2) is 6.10 Å². The van der Waals surface area contributed by atoms with E-state index in [9.17, 15) is 4.79 Å². The van der Waals surface area contributed by atoms with E-state index in [0.29, 0.717) is 18.6 Å². The molecule has 2 bridgehead atoms. The molecular weight excluding hydrogens is 168 g/mol. The van der Waals surface area contributed by atoms with E-state index in [1.165, 1.54) is 0 Å². The van der Waals surface area contributed by atoms with Gasteiger partial charge in [-0.2, -0.15) is 0 Å². The van der Waals surface area contributed by atoms with Gasteiger partial charge in [-0.05, 0) is 38.5 Å². The molecule has 3 fully saturated rings. The summed E-state index contributed by atoms with van der Waals surface area (Å²) in [6.07, 6.45) is 4.58. The van der Waals surface area contributed by atoms with E-state index in [1.54, 1.807) is 0 Å². The van der Waals surface area contributed by atoms with Gasteiger partial charge in [0.2, 0.25) is 0 Å². The third kappa shape index (κ3) is 1.70. The summed E-state index contributed by atoms with van der Waals surface area (Å²) in [4.78, 5) is 11.4. The van der Waals surface area contributed by atoms with E-state index in [-0.39, 0.29) is 12.1 Å². The minimum atomic E-state index is -0.257. The van der Waals surface area contributed by atoms with E-state index in [2.05, 4.69) is 0 Å². The second-order valence-electron chi connectivity index (χ2n) is 3.85. The van der Waals surface area contributed by atoms with E-state index >= 15 is 0 Å². The first-order chi connectivity index (χ1) is 6.31. The molecule has 0 aromatic rings. The molecule has 13 heavy (non-hydrogen) atoms. The minimum Gasteiger partial charge on any atom is -0.464 e. The average Bonchev–Trinajstić information content (AvgIpc) is 2.20. The molecule has 1 saturated carbocycles. The van der Waals surface area contributed by atoms with Gasteiger partial charge in [0.25, 0.3) is 0 Å². The molecule has 0 aromatic carbocycles. The van der Waals surface area contributed by atoms with Crippen molar-refractivity contribution in [3.05, 3.63) is 0 Å². The van der Waals surface area contributed by atoms with Crippen molar-refractivity contribution in [2.75, 3.05) is 6.61 Å². The fourth-order valence-corrected chi connectivity index (χ4v) is 2.32. The Hall–Kier alpha value is -0.570. The summed E-state index contributed by atoms with van der Waals surface area (Å²) in [5.41, 5.74) is 0. The molecule has 3 heteroatoms. The summed E-state index contributed by atoms with van der Waals surface area (Å²) >= 11 is 0. The molecular formula is C10H16O3. The third-order valence-electron chi connectivity index (χ3n) is 3.00. The predicted molar refractivity (Wildman–Crippen MR) is 47.3 cm³/mol. The lowest BCUT2D eigenvalue weighted by Crippen LogP contribution is -2.45. The number of ether oxygens (including phenoxy) is 2. The summed E-state index contributed by atoms with van der Waals surface area (Å²) in [6.45, 7) is 2.29. The first-order valence-electron chi connectivity index (χ1n) is 5.13. The van der Waals surface area contributed by atoms with E-state index in [4.69, 9.17) is 9.47 Å². The molecule has 1 atom stereocenters. The van der Waals surface area contributed by atoms with Gasteiger partial charge in [-0.3, -0.25) is 0 Å². The summed E-state index contributed by atoms with van der Waals surface area (Å²) in [5.74, 6) is 0.265. The van der Waals surface area contributed by atoms with Crippen LogP contribution >= 0.6 is 0 Å². The van der Waals surface area contributed by atoms with Crippen LogP contribution in [-0.2, 0) is 14.3 Å². The Labute approximate surface area is 78.4 Å². The van der Waals surface area contributed by atoms with Crippen LogP contribution in [-0.4, -0.2) is 24.8 Å². The van der Waals surface area contributed by atoms with E-state index < -0.39 is 0 Å². The highest BCUT2D eigenvalue weighted by atomic mass is 16.6. The molecule has 2 saturated heterocycles. The number of rotatable bonds is 2. The monoisotopic (exact) mass is 184 g/mol. The first-order valence-corrected chi connectivity index (χ1v) is 5.13. The van der Waals surface area contributed by atoms with Gasteiger partial charge in [-0.1, -0.05) is 0 Å². The van der Waals surface area contributed by atoms with Gasteiger partial charge in [0, 0.05) is 0 Å². The zero-order chi connectivity index (χ0) is 9.26. The van der Waals surface area contributed by atoms with Gasteiger partial charge in [0.1, 0.15) is 0 Å². The predicted octanol–water partition coefficient (Wildman–Crippen LogP) is 1.51. The van der Waals surface area contributed by atoms with Crippen LogP contribution in [0.3, 0.4) is 0 Å². The molecule has 3 rings (SSSR count). The van der Waals surface area contributed by atoms with Gasteiger partial charge >= 0.3 is 5.97 Å². The van der Waals surface area contributed by atoms with Crippen molar-refractivity contribution in [2.24, 2.45) is 5.92 Å². The highest BCUT2D eigenvalue weighted by Crippen LogP contribution is 2.37.